The van der Waals surface area contributed by atoms with Crippen LogP contribution in [0.3, 0.4) is 0 Å². The maximum atomic E-state index is 5.73. The van der Waals surface area contributed by atoms with Gasteiger partial charge in [-0.1, -0.05) is 6.92 Å². The Morgan fingerprint density at radius 3 is 2.50 bits per heavy atom. The average Bonchev–Trinajstić information content (AvgIpc) is 2.41. The summed E-state index contributed by atoms with van der Waals surface area (Å²) in [6.07, 6.45) is 4.40. The van der Waals surface area contributed by atoms with E-state index in [0.29, 0.717) is 0 Å². The standard InChI is InChI=1S/C14H14BrNO2/c1-2-9-17-11-3-5-12(6-4-11)18-14-7-8-16-10-13(14)15/h3-8,10H,2,9H2,1H3. The number of pyridine rings is 1. The van der Waals surface area contributed by atoms with E-state index in [4.69, 9.17) is 9.47 Å². The minimum absolute atomic E-state index is 0.732. The molecule has 0 N–H and O–H groups in total. The first-order chi connectivity index (χ1) is 8.79. The Hall–Kier alpha value is -1.55. The lowest BCUT2D eigenvalue weighted by atomic mass is 10.3. The fourth-order valence-corrected chi connectivity index (χ4v) is 1.73. The molecule has 4 heteroatoms. The van der Waals surface area contributed by atoms with Crippen molar-refractivity contribution in [2.45, 2.75) is 13.3 Å². The second-order valence-corrected chi connectivity index (χ2v) is 4.58. The van der Waals surface area contributed by atoms with Crippen LogP contribution in [0.5, 0.6) is 17.2 Å². The van der Waals surface area contributed by atoms with Crippen LogP contribution in [-0.4, -0.2) is 11.6 Å². The van der Waals surface area contributed by atoms with E-state index in [1.807, 2.05) is 30.3 Å². The Balaban J connectivity index is 2.04. The third kappa shape index (κ3) is 3.47. The van der Waals surface area contributed by atoms with E-state index >= 15 is 0 Å². The van der Waals surface area contributed by atoms with E-state index in [2.05, 4.69) is 27.8 Å². The zero-order valence-corrected chi connectivity index (χ0v) is 11.7. The van der Waals surface area contributed by atoms with Gasteiger partial charge in [-0.3, -0.25) is 4.98 Å². The molecule has 0 bridgehead atoms. The first kappa shape index (κ1) is 12.9. The third-order valence-electron chi connectivity index (χ3n) is 2.26. The summed E-state index contributed by atoms with van der Waals surface area (Å²) in [5.41, 5.74) is 0. The van der Waals surface area contributed by atoms with Gasteiger partial charge < -0.3 is 9.47 Å². The van der Waals surface area contributed by atoms with Crippen molar-refractivity contribution in [1.29, 1.82) is 0 Å². The lowest BCUT2D eigenvalue weighted by molar-refractivity contribution is 0.317. The Labute approximate surface area is 115 Å². The summed E-state index contributed by atoms with van der Waals surface area (Å²) in [5.74, 6) is 2.37. The predicted molar refractivity (Wildman–Crippen MR) is 74.2 cm³/mol. The van der Waals surface area contributed by atoms with Gasteiger partial charge in [0.15, 0.2) is 0 Å². The van der Waals surface area contributed by atoms with Gasteiger partial charge in [-0.15, -0.1) is 0 Å². The summed E-state index contributed by atoms with van der Waals surface area (Å²) in [5, 5.41) is 0. The third-order valence-corrected chi connectivity index (χ3v) is 2.86. The normalized spacial score (nSPS) is 10.1. The van der Waals surface area contributed by atoms with Crippen molar-refractivity contribution >= 4 is 15.9 Å². The van der Waals surface area contributed by atoms with Crippen LogP contribution in [0.25, 0.3) is 0 Å². The molecular weight excluding hydrogens is 294 g/mol. The SMILES string of the molecule is CCCOc1ccc(Oc2ccncc2Br)cc1. The van der Waals surface area contributed by atoms with E-state index in [0.717, 1.165) is 34.7 Å². The largest absolute Gasteiger partial charge is 0.494 e. The average molecular weight is 308 g/mol. The highest BCUT2D eigenvalue weighted by Gasteiger charge is 2.02. The van der Waals surface area contributed by atoms with Gasteiger partial charge in [0.2, 0.25) is 0 Å². The van der Waals surface area contributed by atoms with Crippen LogP contribution in [0.4, 0.5) is 0 Å². The van der Waals surface area contributed by atoms with Crippen LogP contribution in [0, 0.1) is 0 Å². The molecule has 2 rings (SSSR count). The van der Waals surface area contributed by atoms with Crippen molar-refractivity contribution in [3.8, 4) is 17.2 Å². The van der Waals surface area contributed by atoms with Crippen LogP contribution in [-0.2, 0) is 0 Å². The van der Waals surface area contributed by atoms with E-state index < -0.39 is 0 Å². The molecule has 1 aromatic heterocycles. The molecule has 0 spiro atoms. The van der Waals surface area contributed by atoms with Gasteiger partial charge in [-0.25, -0.2) is 0 Å². The van der Waals surface area contributed by atoms with Gasteiger partial charge in [0.25, 0.3) is 0 Å². The molecule has 0 radical (unpaired) electrons. The molecule has 0 aliphatic heterocycles. The zero-order valence-electron chi connectivity index (χ0n) is 10.1. The highest BCUT2D eigenvalue weighted by molar-refractivity contribution is 9.10. The fourth-order valence-electron chi connectivity index (χ4n) is 1.40. The second kappa shape index (κ2) is 6.40. The summed E-state index contributed by atoms with van der Waals surface area (Å²) >= 11 is 3.39. The highest BCUT2D eigenvalue weighted by Crippen LogP contribution is 2.29. The summed E-state index contributed by atoms with van der Waals surface area (Å²) < 4.78 is 12.1. The van der Waals surface area contributed by atoms with Crippen molar-refractivity contribution in [3.63, 3.8) is 0 Å². The minimum atomic E-state index is 0.732. The van der Waals surface area contributed by atoms with Crippen molar-refractivity contribution in [1.82, 2.24) is 4.98 Å². The van der Waals surface area contributed by atoms with Crippen LogP contribution in [0.2, 0.25) is 0 Å². The topological polar surface area (TPSA) is 31.4 Å². The molecule has 0 unspecified atom stereocenters. The Morgan fingerprint density at radius 1 is 1.11 bits per heavy atom. The molecule has 0 fully saturated rings. The van der Waals surface area contributed by atoms with Gasteiger partial charge in [-0.2, -0.15) is 0 Å². The zero-order chi connectivity index (χ0) is 12.8. The van der Waals surface area contributed by atoms with E-state index in [1.165, 1.54) is 0 Å². The first-order valence-corrected chi connectivity index (χ1v) is 6.59. The summed E-state index contributed by atoms with van der Waals surface area (Å²) in [6.45, 7) is 2.81. The van der Waals surface area contributed by atoms with Crippen molar-refractivity contribution in [3.05, 3.63) is 47.2 Å². The minimum Gasteiger partial charge on any atom is -0.494 e. The van der Waals surface area contributed by atoms with Gasteiger partial charge in [0.05, 0.1) is 11.1 Å². The number of benzene rings is 1. The molecule has 94 valence electrons. The van der Waals surface area contributed by atoms with Crippen LogP contribution in [0.15, 0.2) is 47.2 Å². The van der Waals surface area contributed by atoms with Gasteiger partial charge in [-0.05, 0) is 46.6 Å². The molecule has 1 aromatic carbocycles. The molecule has 18 heavy (non-hydrogen) atoms. The monoisotopic (exact) mass is 307 g/mol. The predicted octanol–water partition coefficient (Wildman–Crippen LogP) is 4.43. The fraction of sp³-hybridized carbons (Fsp3) is 0.214. The number of hydrogen-bond acceptors (Lipinski definition) is 3. The molecule has 3 nitrogen and oxygen atoms in total. The maximum Gasteiger partial charge on any atom is 0.144 e. The Kier molecular flexibility index (Phi) is 4.59. The number of rotatable bonds is 5. The summed E-state index contributed by atoms with van der Waals surface area (Å²) in [6, 6.07) is 9.39. The maximum absolute atomic E-state index is 5.73. The van der Waals surface area contributed by atoms with Crippen LogP contribution < -0.4 is 9.47 Å². The van der Waals surface area contributed by atoms with E-state index in [-0.39, 0.29) is 0 Å². The van der Waals surface area contributed by atoms with E-state index in [1.54, 1.807) is 12.4 Å². The molecule has 0 atom stereocenters. The molecule has 0 amide bonds. The molecule has 1 heterocycles. The smallest absolute Gasteiger partial charge is 0.144 e. The highest BCUT2D eigenvalue weighted by atomic mass is 79.9. The van der Waals surface area contributed by atoms with Crippen LogP contribution >= 0.6 is 15.9 Å². The number of nitrogens with zero attached hydrogens (tertiary/aromatic N) is 1. The molecular formula is C14H14BrNO2. The van der Waals surface area contributed by atoms with Crippen molar-refractivity contribution < 1.29 is 9.47 Å². The molecule has 0 saturated carbocycles. The molecule has 2 aromatic rings. The number of aromatic nitrogens is 1. The quantitative estimate of drug-likeness (QED) is 0.819. The lowest BCUT2D eigenvalue weighted by Crippen LogP contribution is -1.94. The Morgan fingerprint density at radius 2 is 1.83 bits per heavy atom. The number of ether oxygens (including phenoxy) is 2. The van der Waals surface area contributed by atoms with Crippen molar-refractivity contribution in [2.75, 3.05) is 6.61 Å². The molecule has 0 saturated heterocycles. The van der Waals surface area contributed by atoms with Gasteiger partial charge in [0.1, 0.15) is 17.2 Å². The number of hydrogen-bond donors (Lipinski definition) is 0. The first-order valence-electron chi connectivity index (χ1n) is 5.80. The van der Waals surface area contributed by atoms with E-state index in [9.17, 15) is 0 Å². The second-order valence-electron chi connectivity index (χ2n) is 3.73. The number of halogens is 1. The van der Waals surface area contributed by atoms with Gasteiger partial charge >= 0.3 is 0 Å². The molecule has 0 aliphatic rings. The lowest BCUT2D eigenvalue weighted by Gasteiger charge is -2.08. The summed E-state index contributed by atoms with van der Waals surface area (Å²) in [7, 11) is 0. The Bertz CT molecular complexity index is 499. The van der Waals surface area contributed by atoms with Crippen LogP contribution in [0.1, 0.15) is 13.3 Å². The summed E-state index contributed by atoms with van der Waals surface area (Å²) in [4.78, 5) is 3.99. The molecule has 0 aliphatic carbocycles. The van der Waals surface area contributed by atoms with Crippen molar-refractivity contribution in [2.24, 2.45) is 0 Å². The van der Waals surface area contributed by atoms with Gasteiger partial charge in [0, 0.05) is 18.5 Å².